The average Bonchev–Trinajstić information content (AvgIpc) is 2.73. The number of rotatable bonds is 6. The molecule has 2 heterocycles. The van der Waals surface area contributed by atoms with Crippen molar-refractivity contribution in [2.45, 2.75) is 23.9 Å². The molecular formula is C22H18F2N4O3S. The maximum absolute atomic E-state index is 13.4. The van der Waals surface area contributed by atoms with E-state index in [1.54, 1.807) is 0 Å². The molecule has 0 saturated heterocycles. The van der Waals surface area contributed by atoms with Crippen molar-refractivity contribution in [3.8, 4) is 0 Å². The highest BCUT2D eigenvalue weighted by atomic mass is 32.2. The highest BCUT2D eigenvalue weighted by Crippen LogP contribution is 2.30. The van der Waals surface area contributed by atoms with Gasteiger partial charge in [-0.15, -0.1) is 0 Å². The number of nitrogens with zero attached hydrogens (tertiary/aromatic N) is 1. The molecule has 4 rings (SSSR count). The molecule has 0 spiro atoms. The number of aryl methyl sites for hydroxylation is 1. The Balaban J connectivity index is 1.53. The van der Waals surface area contributed by atoms with Crippen LogP contribution in [-0.4, -0.2) is 27.5 Å². The first-order chi connectivity index (χ1) is 15.4. The average molecular weight is 456 g/mol. The molecule has 164 valence electrons. The van der Waals surface area contributed by atoms with Gasteiger partial charge in [0, 0.05) is 23.9 Å². The van der Waals surface area contributed by atoms with E-state index in [1.165, 1.54) is 11.8 Å². The number of fused-ring (bicyclic) bond motifs is 1. The van der Waals surface area contributed by atoms with Crippen molar-refractivity contribution in [1.82, 2.24) is 9.97 Å². The third-order valence-electron chi connectivity index (χ3n) is 4.85. The minimum absolute atomic E-state index is 0.00591. The van der Waals surface area contributed by atoms with Gasteiger partial charge in [-0.2, -0.15) is 0 Å². The van der Waals surface area contributed by atoms with Gasteiger partial charge in [0.1, 0.15) is 17.5 Å². The van der Waals surface area contributed by atoms with Crippen molar-refractivity contribution in [2.75, 3.05) is 16.4 Å². The van der Waals surface area contributed by atoms with Gasteiger partial charge >= 0.3 is 0 Å². The van der Waals surface area contributed by atoms with Crippen LogP contribution in [0.15, 0.2) is 58.5 Å². The van der Waals surface area contributed by atoms with Gasteiger partial charge in [0.2, 0.25) is 11.8 Å². The molecule has 0 radical (unpaired) electrons. The Hall–Kier alpha value is -3.53. The maximum Gasteiger partial charge on any atom is 0.257 e. The smallest absolute Gasteiger partial charge is 0.257 e. The largest absolute Gasteiger partial charge is 0.325 e. The third kappa shape index (κ3) is 5.02. The number of anilines is 2. The first kappa shape index (κ1) is 21.7. The number of carbonyl (C=O) groups excluding carboxylic acids is 2. The molecule has 32 heavy (non-hydrogen) atoms. The molecule has 1 aromatic heterocycles. The zero-order valence-corrected chi connectivity index (χ0v) is 17.5. The molecule has 10 heteroatoms. The fourth-order valence-electron chi connectivity index (χ4n) is 3.41. The van der Waals surface area contributed by atoms with Crippen LogP contribution in [0.25, 0.3) is 0 Å². The van der Waals surface area contributed by atoms with Crippen molar-refractivity contribution in [3.05, 3.63) is 81.6 Å². The van der Waals surface area contributed by atoms with E-state index in [2.05, 4.69) is 20.6 Å². The van der Waals surface area contributed by atoms with Gasteiger partial charge in [0.05, 0.1) is 11.5 Å². The number of halogens is 2. The van der Waals surface area contributed by atoms with E-state index < -0.39 is 34.9 Å². The predicted octanol–water partition coefficient (Wildman–Crippen LogP) is 3.45. The molecule has 1 aliphatic heterocycles. The lowest BCUT2D eigenvalue weighted by molar-refractivity contribution is -0.123. The summed E-state index contributed by atoms with van der Waals surface area (Å²) in [5, 5.41) is 5.21. The minimum Gasteiger partial charge on any atom is -0.325 e. The van der Waals surface area contributed by atoms with Crippen molar-refractivity contribution in [1.29, 1.82) is 0 Å². The summed E-state index contributed by atoms with van der Waals surface area (Å²) in [6, 6.07) is 12.4. The Morgan fingerprint density at radius 1 is 1.12 bits per heavy atom. The summed E-state index contributed by atoms with van der Waals surface area (Å²) in [6.07, 6.45) is 0.468. The fraction of sp³-hybridized carbons (Fsp3) is 0.182. The molecule has 1 atom stereocenters. The second-order valence-corrected chi connectivity index (χ2v) is 8.25. The van der Waals surface area contributed by atoms with E-state index in [1.807, 2.05) is 30.3 Å². The number of hydrogen-bond donors (Lipinski definition) is 3. The van der Waals surface area contributed by atoms with Crippen LogP contribution >= 0.6 is 11.8 Å². The van der Waals surface area contributed by atoms with Crippen molar-refractivity contribution < 1.29 is 18.4 Å². The third-order valence-corrected chi connectivity index (χ3v) is 5.72. The van der Waals surface area contributed by atoms with E-state index in [-0.39, 0.29) is 23.5 Å². The number of carbonyl (C=O) groups is 2. The van der Waals surface area contributed by atoms with Crippen LogP contribution in [0, 0.1) is 11.6 Å². The molecule has 2 aromatic carbocycles. The molecule has 0 aliphatic carbocycles. The Bertz CT molecular complexity index is 1210. The van der Waals surface area contributed by atoms with E-state index in [0.717, 1.165) is 24.1 Å². The van der Waals surface area contributed by atoms with Gasteiger partial charge in [-0.05, 0) is 24.1 Å². The van der Waals surface area contributed by atoms with Gasteiger partial charge < -0.3 is 15.6 Å². The van der Waals surface area contributed by atoms with Gasteiger partial charge in [-0.25, -0.2) is 13.8 Å². The fourth-order valence-corrected chi connectivity index (χ4v) is 4.26. The van der Waals surface area contributed by atoms with Gasteiger partial charge in [0.25, 0.3) is 5.56 Å². The zero-order valence-electron chi connectivity index (χ0n) is 16.7. The van der Waals surface area contributed by atoms with E-state index in [0.29, 0.717) is 17.0 Å². The standard InChI is InChI=1S/C22H18F2N4O3S/c23-13-8-14(24)10-15(9-13)25-20(30)16-11-17(29)26-19-18(16)21(31)28-22(27-19)32-7-6-12-4-2-1-3-5-12/h1-5,8-10,16H,6-7,11H2,(H,25,30)(H2,26,27,28,29,31)/t16-/m0/s1. The second-order valence-electron chi connectivity index (χ2n) is 7.17. The van der Waals surface area contributed by atoms with E-state index >= 15 is 0 Å². The van der Waals surface area contributed by atoms with E-state index in [4.69, 9.17) is 0 Å². The monoisotopic (exact) mass is 456 g/mol. The van der Waals surface area contributed by atoms with Crippen LogP contribution in [0.5, 0.6) is 0 Å². The lowest BCUT2D eigenvalue weighted by atomic mass is 9.92. The molecule has 0 bridgehead atoms. The normalized spacial score (nSPS) is 15.1. The number of nitrogens with one attached hydrogen (secondary N) is 3. The summed E-state index contributed by atoms with van der Waals surface area (Å²) in [5.41, 5.74) is 0.478. The number of H-pyrrole nitrogens is 1. The Kier molecular flexibility index (Phi) is 6.31. The number of aromatic nitrogens is 2. The minimum atomic E-state index is -1.15. The number of benzene rings is 2. The van der Waals surface area contributed by atoms with Gasteiger partial charge in [-0.1, -0.05) is 42.1 Å². The van der Waals surface area contributed by atoms with Gasteiger partial charge in [-0.3, -0.25) is 14.4 Å². The molecule has 0 unspecified atom stereocenters. The summed E-state index contributed by atoms with van der Waals surface area (Å²) in [7, 11) is 0. The van der Waals surface area contributed by atoms with Crippen molar-refractivity contribution in [3.63, 3.8) is 0 Å². The zero-order chi connectivity index (χ0) is 22.7. The number of aromatic amines is 1. The first-order valence-corrected chi connectivity index (χ1v) is 10.8. The predicted molar refractivity (Wildman–Crippen MR) is 117 cm³/mol. The quantitative estimate of drug-likeness (QED) is 0.389. The molecule has 2 amide bonds. The molecule has 3 N–H and O–H groups in total. The lowest BCUT2D eigenvalue weighted by Gasteiger charge is -2.23. The summed E-state index contributed by atoms with van der Waals surface area (Å²) in [6.45, 7) is 0. The summed E-state index contributed by atoms with van der Waals surface area (Å²) >= 11 is 1.32. The van der Waals surface area contributed by atoms with Crippen LogP contribution in [0.3, 0.4) is 0 Å². The topological polar surface area (TPSA) is 104 Å². The molecule has 7 nitrogen and oxygen atoms in total. The molecule has 3 aromatic rings. The van der Waals surface area contributed by atoms with Crippen molar-refractivity contribution >= 4 is 35.1 Å². The van der Waals surface area contributed by atoms with Crippen LogP contribution in [0.4, 0.5) is 20.3 Å². The first-order valence-electron chi connectivity index (χ1n) is 9.77. The SMILES string of the molecule is O=C1C[C@H](C(=O)Nc2cc(F)cc(F)c2)c2c(nc(SCCc3ccccc3)[nH]c2=O)N1. The van der Waals surface area contributed by atoms with Crippen LogP contribution < -0.4 is 16.2 Å². The number of thioether (sulfide) groups is 1. The molecular weight excluding hydrogens is 438 g/mol. The number of hydrogen-bond acceptors (Lipinski definition) is 5. The van der Waals surface area contributed by atoms with Crippen LogP contribution in [-0.2, 0) is 16.0 Å². The Morgan fingerprint density at radius 3 is 2.56 bits per heavy atom. The summed E-state index contributed by atoms with van der Waals surface area (Å²) < 4.78 is 26.8. The Labute approximate surface area is 185 Å². The highest BCUT2D eigenvalue weighted by Gasteiger charge is 2.34. The molecule has 0 saturated carbocycles. The van der Waals surface area contributed by atoms with Crippen LogP contribution in [0.1, 0.15) is 23.5 Å². The van der Waals surface area contributed by atoms with E-state index in [9.17, 15) is 23.2 Å². The molecule has 0 fully saturated rings. The maximum atomic E-state index is 13.4. The highest BCUT2D eigenvalue weighted by molar-refractivity contribution is 7.99. The lowest BCUT2D eigenvalue weighted by Crippen LogP contribution is -2.36. The van der Waals surface area contributed by atoms with Crippen molar-refractivity contribution in [2.24, 2.45) is 0 Å². The second kappa shape index (κ2) is 9.31. The van der Waals surface area contributed by atoms with Gasteiger partial charge in [0.15, 0.2) is 5.16 Å². The van der Waals surface area contributed by atoms with Crippen LogP contribution in [0.2, 0.25) is 0 Å². The Morgan fingerprint density at radius 2 is 1.84 bits per heavy atom. The summed E-state index contributed by atoms with van der Waals surface area (Å²) in [4.78, 5) is 44.6. The molecule has 1 aliphatic rings. The summed E-state index contributed by atoms with van der Waals surface area (Å²) in [5.74, 6) is -3.43. The number of amides is 2.